The summed E-state index contributed by atoms with van der Waals surface area (Å²) in [4.78, 5) is 46.3. The molecule has 0 radical (unpaired) electrons. The van der Waals surface area contributed by atoms with Crippen molar-refractivity contribution in [3.05, 3.63) is 135 Å². The van der Waals surface area contributed by atoms with Crippen molar-refractivity contribution in [2.45, 2.75) is 30.4 Å². The zero-order chi connectivity index (χ0) is 32.5. The van der Waals surface area contributed by atoms with Crippen LogP contribution in [0.15, 0.2) is 124 Å². The molecule has 0 saturated carbocycles. The van der Waals surface area contributed by atoms with E-state index in [1.54, 1.807) is 36.4 Å². The van der Waals surface area contributed by atoms with Crippen molar-refractivity contribution in [2.75, 3.05) is 10.6 Å². The Morgan fingerprint density at radius 1 is 0.891 bits per heavy atom. The Morgan fingerprint density at radius 2 is 1.61 bits per heavy atom. The monoisotopic (exact) mass is 710 g/mol. The lowest BCUT2D eigenvalue weighted by molar-refractivity contribution is -0.116. The fourth-order valence-corrected chi connectivity index (χ4v) is 6.81. The van der Waals surface area contributed by atoms with E-state index in [0.717, 1.165) is 31.1 Å². The topological polar surface area (TPSA) is 100 Å². The zero-order valence-electron chi connectivity index (χ0n) is 25.1. The zero-order valence-corrected chi connectivity index (χ0v) is 28.3. The summed E-state index contributed by atoms with van der Waals surface area (Å²) in [6.45, 7) is 3.95. The van der Waals surface area contributed by atoms with Gasteiger partial charge in [0.05, 0.1) is 10.9 Å². The van der Waals surface area contributed by atoms with Gasteiger partial charge in [-0.2, -0.15) is 0 Å². The number of carbonyl (C=O) groups is 3. The third-order valence-corrected chi connectivity index (χ3v) is 9.53. The highest BCUT2D eigenvalue weighted by Crippen LogP contribution is 2.32. The van der Waals surface area contributed by atoms with E-state index in [4.69, 9.17) is 0 Å². The van der Waals surface area contributed by atoms with Crippen LogP contribution in [0, 0.1) is 6.92 Å². The number of thioether (sulfide) groups is 1. The van der Waals surface area contributed by atoms with E-state index in [-0.39, 0.29) is 16.9 Å². The molecular weight excluding hydrogens is 680 g/mol. The minimum Gasteiger partial charge on any atom is -0.321 e. The number of rotatable bonds is 11. The summed E-state index contributed by atoms with van der Waals surface area (Å²) in [5.74, 6) is -1.02. The van der Waals surface area contributed by atoms with E-state index in [9.17, 15) is 14.4 Å². The Labute approximate surface area is 284 Å². The van der Waals surface area contributed by atoms with Crippen molar-refractivity contribution in [3.63, 3.8) is 0 Å². The van der Waals surface area contributed by atoms with Crippen LogP contribution in [0.1, 0.15) is 34.1 Å². The third-order valence-electron chi connectivity index (χ3n) is 6.80. The van der Waals surface area contributed by atoms with Gasteiger partial charge in [-0.05, 0) is 67.4 Å². The summed E-state index contributed by atoms with van der Waals surface area (Å²) in [6, 6.07) is 33.3. The summed E-state index contributed by atoms with van der Waals surface area (Å²) in [5.41, 5.74) is 3.65. The van der Waals surface area contributed by atoms with E-state index in [1.807, 2.05) is 92.7 Å². The van der Waals surface area contributed by atoms with Gasteiger partial charge in [-0.15, -0.1) is 23.1 Å². The van der Waals surface area contributed by atoms with Gasteiger partial charge in [0.15, 0.2) is 5.13 Å². The Morgan fingerprint density at radius 3 is 2.33 bits per heavy atom. The summed E-state index contributed by atoms with van der Waals surface area (Å²) in [7, 11) is 0. The average molecular weight is 712 g/mol. The van der Waals surface area contributed by atoms with Gasteiger partial charge in [0.1, 0.15) is 5.70 Å². The maximum atomic E-state index is 13.5. The van der Waals surface area contributed by atoms with Crippen LogP contribution in [-0.4, -0.2) is 28.0 Å². The minimum atomic E-state index is -0.482. The van der Waals surface area contributed by atoms with E-state index in [2.05, 4.69) is 36.9 Å². The number of halogens is 1. The van der Waals surface area contributed by atoms with Crippen molar-refractivity contribution in [2.24, 2.45) is 0 Å². The Kier molecular flexibility index (Phi) is 11.2. The molecule has 0 saturated heterocycles. The van der Waals surface area contributed by atoms with Gasteiger partial charge in [0, 0.05) is 31.1 Å². The van der Waals surface area contributed by atoms with E-state index < -0.39 is 11.8 Å². The van der Waals surface area contributed by atoms with Gasteiger partial charge in [0.2, 0.25) is 5.91 Å². The molecular formula is C36H31BrN4O3S2. The fraction of sp³-hybridized carbons (Fsp3) is 0.111. The fourth-order valence-electron chi connectivity index (χ4n) is 4.54. The largest absolute Gasteiger partial charge is 0.321 e. The first-order valence-electron chi connectivity index (χ1n) is 14.5. The molecule has 1 aromatic heterocycles. The second kappa shape index (κ2) is 15.7. The number of anilines is 2. The highest BCUT2D eigenvalue weighted by Gasteiger charge is 2.21. The SMILES string of the molecule is CCC(Sc1cccc(NC(=O)/C(=C\c2cccc(Br)c2)NC(=O)c2ccccc2)c1)C(=O)Nc1nc(-c2ccccc2)c(C)s1. The van der Waals surface area contributed by atoms with Crippen LogP contribution in [0.2, 0.25) is 0 Å². The number of nitrogens with one attached hydrogen (secondary N) is 3. The van der Waals surface area contributed by atoms with Crippen molar-refractivity contribution in [3.8, 4) is 11.3 Å². The molecule has 1 heterocycles. The van der Waals surface area contributed by atoms with Crippen LogP contribution in [0.25, 0.3) is 17.3 Å². The van der Waals surface area contributed by atoms with E-state index >= 15 is 0 Å². The van der Waals surface area contributed by atoms with Gasteiger partial charge in [-0.25, -0.2) is 4.98 Å². The minimum absolute atomic E-state index is 0.0874. The molecule has 0 aliphatic rings. The average Bonchev–Trinajstić information content (AvgIpc) is 3.43. The van der Waals surface area contributed by atoms with Crippen molar-refractivity contribution < 1.29 is 14.4 Å². The highest BCUT2D eigenvalue weighted by atomic mass is 79.9. The predicted octanol–water partition coefficient (Wildman–Crippen LogP) is 8.80. The number of benzene rings is 4. The van der Waals surface area contributed by atoms with Crippen molar-refractivity contribution >= 4 is 73.6 Å². The molecule has 1 unspecified atom stereocenters. The van der Waals surface area contributed by atoms with Crippen LogP contribution < -0.4 is 16.0 Å². The van der Waals surface area contributed by atoms with Gasteiger partial charge in [0.25, 0.3) is 11.8 Å². The van der Waals surface area contributed by atoms with Gasteiger partial charge < -0.3 is 16.0 Å². The summed E-state index contributed by atoms with van der Waals surface area (Å²) >= 11 is 6.31. The standard InChI is InChI=1S/C36H31BrN4O3S2/c1-3-31(35(44)41-36-40-32(23(2)45-36)25-13-6-4-7-14-25)46-29-19-11-18-28(22-29)38-34(43)30(21-24-12-10-17-27(37)20-24)39-33(42)26-15-8-5-9-16-26/h4-22,31H,3H2,1-2H3,(H,38,43)(H,39,42)(H,40,41,44)/b30-21+. The van der Waals surface area contributed by atoms with Crippen molar-refractivity contribution in [1.82, 2.24) is 10.3 Å². The predicted molar refractivity (Wildman–Crippen MR) is 192 cm³/mol. The molecule has 3 N–H and O–H groups in total. The molecule has 0 aliphatic heterocycles. The maximum Gasteiger partial charge on any atom is 0.272 e. The molecule has 5 aromatic rings. The van der Waals surface area contributed by atoms with Gasteiger partial charge in [-0.3, -0.25) is 14.4 Å². The first kappa shape index (κ1) is 32.9. The van der Waals surface area contributed by atoms with Crippen LogP contribution in [-0.2, 0) is 9.59 Å². The molecule has 3 amide bonds. The molecule has 0 aliphatic carbocycles. The number of hydrogen-bond acceptors (Lipinski definition) is 6. The highest BCUT2D eigenvalue weighted by molar-refractivity contribution is 9.10. The molecule has 1 atom stereocenters. The lowest BCUT2D eigenvalue weighted by Crippen LogP contribution is -2.30. The first-order chi connectivity index (χ1) is 22.3. The summed E-state index contributed by atoms with van der Waals surface area (Å²) < 4.78 is 0.844. The van der Waals surface area contributed by atoms with Gasteiger partial charge >= 0.3 is 0 Å². The van der Waals surface area contributed by atoms with Crippen LogP contribution in [0.3, 0.4) is 0 Å². The molecule has 4 aromatic carbocycles. The lowest BCUT2D eigenvalue weighted by atomic mass is 10.1. The number of thiazole rings is 1. The second-order valence-corrected chi connectivity index (χ2v) is 13.6. The Hall–Kier alpha value is -4.51. The van der Waals surface area contributed by atoms with Crippen molar-refractivity contribution in [1.29, 1.82) is 0 Å². The quantitative estimate of drug-likeness (QED) is 0.0940. The molecule has 7 nitrogen and oxygen atoms in total. The number of aromatic nitrogens is 1. The molecule has 232 valence electrons. The Bertz CT molecular complexity index is 1880. The molecule has 5 rings (SSSR count). The number of carbonyl (C=O) groups excluding carboxylic acids is 3. The first-order valence-corrected chi connectivity index (χ1v) is 17.0. The second-order valence-electron chi connectivity index (χ2n) is 10.2. The van der Waals surface area contributed by atoms with Gasteiger partial charge in [-0.1, -0.05) is 89.6 Å². The number of aryl methyl sites for hydroxylation is 1. The van der Waals surface area contributed by atoms with Crippen LogP contribution in [0.4, 0.5) is 10.8 Å². The molecule has 0 spiro atoms. The van der Waals surface area contributed by atoms with Crippen LogP contribution in [0.5, 0.6) is 0 Å². The normalized spacial score (nSPS) is 11.8. The molecule has 0 fully saturated rings. The maximum absolute atomic E-state index is 13.5. The third kappa shape index (κ3) is 8.81. The Balaban J connectivity index is 1.29. The lowest BCUT2D eigenvalue weighted by Gasteiger charge is -2.15. The summed E-state index contributed by atoms with van der Waals surface area (Å²) in [6.07, 6.45) is 2.22. The van der Waals surface area contributed by atoms with E-state index in [1.165, 1.54) is 23.1 Å². The smallest absolute Gasteiger partial charge is 0.272 e. The number of amides is 3. The van der Waals surface area contributed by atoms with Crippen LogP contribution >= 0.6 is 39.0 Å². The number of nitrogens with zero attached hydrogens (tertiary/aromatic N) is 1. The molecule has 46 heavy (non-hydrogen) atoms. The summed E-state index contributed by atoms with van der Waals surface area (Å²) in [5, 5.41) is 8.83. The van der Waals surface area contributed by atoms with E-state index in [0.29, 0.717) is 22.8 Å². The number of hydrogen-bond donors (Lipinski definition) is 3. The molecule has 10 heteroatoms. The molecule has 0 bridgehead atoms.